The average molecular weight is 337 g/mol. The Morgan fingerprint density at radius 2 is 1.87 bits per heavy atom. The van der Waals surface area contributed by atoms with E-state index in [0.717, 1.165) is 31.5 Å². The third-order valence-corrected chi connectivity index (χ3v) is 5.06. The number of rotatable bonds is 3. The quantitative estimate of drug-likeness (QED) is 0.796. The van der Waals surface area contributed by atoms with E-state index in [4.69, 9.17) is 16.3 Å². The van der Waals surface area contributed by atoms with Crippen molar-refractivity contribution in [2.75, 3.05) is 25.1 Å². The van der Waals surface area contributed by atoms with Gasteiger partial charge in [0.2, 0.25) is 5.91 Å². The molecular weight excluding hydrogens is 316 g/mol. The first kappa shape index (κ1) is 16.3. The van der Waals surface area contributed by atoms with Gasteiger partial charge in [-0.05, 0) is 44.5 Å². The Morgan fingerprint density at radius 3 is 2.52 bits per heavy atom. The van der Waals surface area contributed by atoms with Crippen LogP contribution in [-0.4, -0.2) is 43.0 Å². The largest absolute Gasteiger partial charge is 0.495 e. The summed E-state index contributed by atoms with van der Waals surface area (Å²) in [5.74, 6) is 0.115. The summed E-state index contributed by atoms with van der Waals surface area (Å²) < 4.78 is 5.33. The van der Waals surface area contributed by atoms with Crippen LogP contribution in [-0.2, 0) is 9.59 Å². The summed E-state index contributed by atoms with van der Waals surface area (Å²) in [6.45, 7) is 3.61. The Labute approximate surface area is 141 Å². The molecule has 2 saturated heterocycles. The van der Waals surface area contributed by atoms with Crippen LogP contribution in [0.15, 0.2) is 12.1 Å². The van der Waals surface area contributed by atoms with Gasteiger partial charge in [-0.2, -0.15) is 0 Å². The van der Waals surface area contributed by atoms with Crippen LogP contribution in [0.4, 0.5) is 5.69 Å². The Kier molecular flexibility index (Phi) is 4.60. The molecule has 0 aromatic heterocycles. The van der Waals surface area contributed by atoms with Gasteiger partial charge < -0.3 is 4.74 Å². The summed E-state index contributed by atoms with van der Waals surface area (Å²) in [4.78, 5) is 28.8. The molecule has 2 aliphatic heterocycles. The molecule has 23 heavy (non-hydrogen) atoms. The van der Waals surface area contributed by atoms with E-state index in [-0.39, 0.29) is 24.3 Å². The van der Waals surface area contributed by atoms with Gasteiger partial charge in [0.25, 0.3) is 5.91 Å². The van der Waals surface area contributed by atoms with Gasteiger partial charge in [-0.1, -0.05) is 18.0 Å². The lowest BCUT2D eigenvalue weighted by Gasteiger charge is -2.30. The molecule has 3 rings (SSSR count). The fraction of sp³-hybridized carbons (Fsp3) is 0.529. The van der Waals surface area contributed by atoms with Gasteiger partial charge in [-0.15, -0.1) is 0 Å². The molecule has 2 fully saturated rings. The second-order valence-corrected chi connectivity index (χ2v) is 6.56. The Morgan fingerprint density at radius 1 is 1.17 bits per heavy atom. The van der Waals surface area contributed by atoms with Crippen LogP contribution in [0.2, 0.25) is 5.02 Å². The molecule has 5 nitrogen and oxygen atoms in total. The highest BCUT2D eigenvalue weighted by Crippen LogP contribution is 2.37. The lowest BCUT2D eigenvalue weighted by molar-refractivity contribution is -0.123. The second kappa shape index (κ2) is 6.49. The first-order chi connectivity index (χ1) is 11.0. The molecule has 0 N–H and O–H groups in total. The SMILES string of the molecule is COc1cc(Cl)c(C)cc1N1C(=O)C[C@@H](N2CCCCC2)C1=O. The van der Waals surface area contributed by atoms with E-state index in [1.807, 2.05) is 6.92 Å². The number of carbonyl (C=O) groups excluding carboxylic acids is 2. The number of methoxy groups -OCH3 is 1. The van der Waals surface area contributed by atoms with Crippen LogP contribution in [0.3, 0.4) is 0 Å². The Hall–Kier alpha value is -1.59. The molecule has 0 spiro atoms. The van der Waals surface area contributed by atoms with E-state index in [2.05, 4.69) is 4.90 Å². The standard InChI is InChI=1S/C17H21ClN2O3/c1-11-8-13(15(23-2)9-12(11)18)20-16(21)10-14(17(20)22)19-6-4-3-5-7-19/h8-9,14H,3-7,10H2,1-2H3/t14-/m1/s1. The van der Waals surface area contributed by atoms with E-state index in [0.29, 0.717) is 16.5 Å². The number of carbonyl (C=O) groups is 2. The van der Waals surface area contributed by atoms with Crippen LogP contribution < -0.4 is 9.64 Å². The molecule has 1 atom stereocenters. The predicted octanol–water partition coefficient (Wildman–Crippen LogP) is 2.77. The number of benzene rings is 1. The molecule has 2 amide bonds. The van der Waals surface area contributed by atoms with Crippen LogP contribution in [0.5, 0.6) is 5.75 Å². The molecule has 0 bridgehead atoms. The van der Waals surface area contributed by atoms with E-state index in [1.165, 1.54) is 18.4 Å². The number of hydrogen-bond acceptors (Lipinski definition) is 4. The van der Waals surface area contributed by atoms with Gasteiger partial charge in [0.05, 0.1) is 25.3 Å². The van der Waals surface area contributed by atoms with Crippen molar-refractivity contribution >= 4 is 29.1 Å². The first-order valence-electron chi connectivity index (χ1n) is 7.98. The normalized spacial score (nSPS) is 22.7. The zero-order valence-electron chi connectivity index (χ0n) is 13.5. The number of likely N-dealkylation sites (tertiary alicyclic amines) is 1. The van der Waals surface area contributed by atoms with Crippen molar-refractivity contribution in [3.63, 3.8) is 0 Å². The maximum Gasteiger partial charge on any atom is 0.251 e. The molecule has 1 aromatic rings. The molecule has 2 heterocycles. The number of piperidine rings is 1. The molecule has 1 aromatic carbocycles. The zero-order valence-corrected chi connectivity index (χ0v) is 14.2. The third-order valence-electron chi connectivity index (χ3n) is 4.66. The molecule has 0 unspecified atom stereocenters. The zero-order chi connectivity index (χ0) is 16.6. The number of aryl methyl sites for hydroxylation is 1. The van der Waals surface area contributed by atoms with Crippen molar-refractivity contribution in [1.29, 1.82) is 0 Å². The van der Waals surface area contributed by atoms with Crippen molar-refractivity contribution < 1.29 is 14.3 Å². The maximum atomic E-state index is 12.9. The molecule has 0 radical (unpaired) electrons. The van der Waals surface area contributed by atoms with Gasteiger partial charge in [0.1, 0.15) is 5.75 Å². The first-order valence-corrected chi connectivity index (χ1v) is 8.35. The smallest absolute Gasteiger partial charge is 0.251 e. The molecule has 2 aliphatic rings. The van der Waals surface area contributed by atoms with Crippen molar-refractivity contribution in [3.05, 3.63) is 22.7 Å². The molecular formula is C17H21ClN2O3. The van der Waals surface area contributed by atoms with E-state index < -0.39 is 0 Å². The minimum Gasteiger partial charge on any atom is -0.495 e. The average Bonchev–Trinajstić information content (AvgIpc) is 2.85. The lowest BCUT2D eigenvalue weighted by atomic mass is 10.1. The third kappa shape index (κ3) is 2.95. The van der Waals surface area contributed by atoms with E-state index in [1.54, 1.807) is 12.1 Å². The highest BCUT2D eigenvalue weighted by atomic mass is 35.5. The lowest BCUT2D eigenvalue weighted by Crippen LogP contribution is -2.44. The van der Waals surface area contributed by atoms with Gasteiger partial charge in [0, 0.05) is 11.1 Å². The van der Waals surface area contributed by atoms with Crippen molar-refractivity contribution in [2.24, 2.45) is 0 Å². The summed E-state index contributed by atoms with van der Waals surface area (Å²) in [5, 5.41) is 0.553. The monoisotopic (exact) mass is 336 g/mol. The minimum atomic E-state index is -0.344. The number of nitrogens with zero attached hydrogens (tertiary/aromatic N) is 2. The number of hydrogen-bond donors (Lipinski definition) is 0. The van der Waals surface area contributed by atoms with E-state index >= 15 is 0 Å². The molecule has 0 aliphatic carbocycles. The van der Waals surface area contributed by atoms with Crippen LogP contribution in [0.1, 0.15) is 31.2 Å². The summed E-state index contributed by atoms with van der Waals surface area (Å²) in [6.07, 6.45) is 3.60. The van der Waals surface area contributed by atoms with Gasteiger partial charge >= 0.3 is 0 Å². The van der Waals surface area contributed by atoms with Crippen LogP contribution >= 0.6 is 11.6 Å². The molecule has 124 valence electrons. The van der Waals surface area contributed by atoms with Gasteiger partial charge in [-0.25, -0.2) is 4.90 Å². The fourth-order valence-electron chi connectivity index (χ4n) is 3.37. The number of anilines is 1. The topological polar surface area (TPSA) is 49.9 Å². The van der Waals surface area contributed by atoms with Crippen molar-refractivity contribution in [3.8, 4) is 5.75 Å². The number of imide groups is 1. The van der Waals surface area contributed by atoms with Crippen LogP contribution in [0, 0.1) is 6.92 Å². The minimum absolute atomic E-state index is 0.156. The second-order valence-electron chi connectivity index (χ2n) is 6.16. The summed E-state index contributed by atoms with van der Waals surface area (Å²) in [7, 11) is 1.51. The van der Waals surface area contributed by atoms with Crippen LogP contribution in [0.25, 0.3) is 0 Å². The highest BCUT2D eigenvalue weighted by molar-refractivity contribution is 6.32. The predicted molar refractivity (Wildman–Crippen MR) is 89.1 cm³/mol. The van der Waals surface area contributed by atoms with Crippen molar-refractivity contribution in [2.45, 2.75) is 38.6 Å². The Balaban J connectivity index is 1.92. The number of ether oxygens (including phenoxy) is 1. The fourth-order valence-corrected chi connectivity index (χ4v) is 3.52. The number of amides is 2. The molecule has 6 heteroatoms. The van der Waals surface area contributed by atoms with Gasteiger partial charge in [0.15, 0.2) is 0 Å². The summed E-state index contributed by atoms with van der Waals surface area (Å²) in [6, 6.07) is 3.06. The summed E-state index contributed by atoms with van der Waals surface area (Å²) in [5.41, 5.74) is 1.30. The molecule has 0 saturated carbocycles. The maximum absolute atomic E-state index is 12.9. The van der Waals surface area contributed by atoms with E-state index in [9.17, 15) is 9.59 Å². The summed E-state index contributed by atoms with van der Waals surface area (Å²) >= 11 is 6.12. The number of halogens is 1. The van der Waals surface area contributed by atoms with Crippen molar-refractivity contribution in [1.82, 2.24) is 4.90 Å². The highest BCUT2D eigenvalue weighted by Gasteiger charge is 2.43. The van der Waals surface area contributed by atoms with Gasteiger partial charge in [-0.3, -0.25) is 14.5 Å². The Bertz CT molecular complexity index is 641.